The number of nitrogens with two attached hydrogens (primary N) is 1. The Balaban J connectivity index is 2.50. The van der Waals surface area contributed by atoms with Gasteiger partial charge in [-0.05, 0) is 18.2 Å². The first-order valence-corrected chi connectivity index (χ1v) is 4.70. The number of anilines is 2. The molecule has 1 heterocycles. The zero-order valence-corrected chi connectivity index (χ0v) is 8.69. The van der Waals surface area contributed by atoms with Crippen LogP contribution < -0.4 is 20.7 Å². The summed E-state index contributed by atoms with van der Waals surface area (Å²) >= 11 is 0. The van der Waals surface area contributed by atoms with Crippen LogP contribution in [0.3, 0.4) is 0 Å². The number of fused-ring (bicyclic) bond motifs is 1. The molecule has 1 aromatic rings. The Morgan fingerprint density at radius 2 is 2.31 bits per heavy atom. The lowest BCUT2D eigenvalue weighted by Crippen LogP contribution is -2.47. The lowest BCUT2D eigenvalue weighted by Gasteiger charge is -2.27. The fourth-order valence-electron chi connectivity index (χ4n) is 1.50. The van der Waals surface area contributed by atoms with E-state index in [9.17, 15) is 9.59 Å². The molecule has 1 aliphatic heterocycles. The van der Waals surface area contributed by atoms with Gasteiger partial charge in [-0.3, -0.25) is 4.79 Å². The van der Waals surface area contributed by atoms with Crippen LogP contribution in [-0.4, -0.2) is 25.6 Å². The second-order valence-corrected chi connectivity index (χ2v) is 3.30. The van der Waals surface area contributed by atoms with Gasteiger partial charge in [-0.1, -0.05) is 0 Å². The van der Waals surface area contributed by atoms with Crippen LogP contribution in [-0.2, 0) is 4.79 Å². The van der Waals surface area contributed by atoms with Crippen molar-refractivity contribution in [3.8, 4) is 5.75 Å². The summed E-state index contributed by atoms with van der Waals surface area (Å²) < 4.78 is 5.19. The van der Waals surface area contributed by atoms with Crippen LogP contribution >= 0.6 is 0 Å². The number of imide groups is 1. The van der Waals surface area contributed by atoms with Gasteiger partial charge in [0.15, 0.2) is 6.61 Å². The number of ether oxygens (including phenoxy) is 1. The van der Waals surface area contributed by atoms with Crippen molar-refractivity contribution in [2.75, 3.05) is 24.3 Å². The molecule has 0 spiro atoms. The molecule has 0 bridgehead atoms. The largest absolute Gasteiger partial charge is 0.482 e. The number of rotatable bonds is 0. The minimum atomic E-state index is -0.500. The molecule has 0 saturated heterocycles. The van der Waals surface area contributed by atoms with Crippen LogP contribution in [0.4, 0.5) is 16.2 Å². The second-order valence-electron chi connectivity index (χ2n) is 3.30. The normalized spacial score (nSPS) is 14.1. The molecule has 0 aromatic heterocycles. The zero-order valence-electron chi connectivity index (χ0n) is 8.69. The quantitative estimate of drug-likeness (QED) is 0.618. The maximum atomic E-state index is 11.6. The summed E-state index contributed by atoms with van der Waals surface area (Å²) in [6.45, 7) is -0.148. The van der Waals surface area contributed by atoms with Crippen molar-refractivity contribution in [2.24, 2.45) is 0 Å². The van der Waals surface area contributed by atoms with E-state index in [4.69, 9.17) is 10.5 Å². The van der Waals surface area contributed by atoms with E-state index < -0.39 is 11.9 Å². The minimum Gasteiger partial charge on any atom is -0.482 e. The number of carbonyl (C=O) groups excluding carboxylic acids is 2. The van der Waals surface area contributed by atoms with Gasteiger partial charge < -0.3 is 15.8 Å². The highest BCUT2D eigenvalue weighted by atomic mass is 16.5. The number of nitrogens with one attached hydrogen (secondary N) is 1. The average Bonchev–Trinajstić information content (AvgIpc) is 2.28. The molecule has 0 aliphatic carbocycles. The molecule has 3 N–H and O–H groups in total. The van der Waals surface area contributed by atoms with E-state index in [0.717, 1.165) is 4.90 Å². The molecule has 6 heteroatoms. The molecule has 0 fully saturated rings. The molecule has 1 aliphatic rings. The molecule has 0 saturated carbocycles. The van der Waals surface area contributed by atoms with Crippen molar-refractivity contribution in [1.29, 1.82) is 0 Å². The van der Waals surface area contributed by atoms with Crippen LogP contribution in [0, 0.1) is 0 Å². The molecule has 1 aromatic carbocycles. The molecule has 0 unspecified atom stereocenters. The van der Waals surface area contributed by atoms with Gasteiger partial charge in [0.25, 0.3) is 5.91 Å². The molecule has 16 heavy (non-hydrogen) atoms. The standard InChI is InChI=1S/C10H11N3O3/c1-12-10(15)13-7-4-6(11)2-3-8(7)16-5-9(13)14/h2-4H,5,11H2,1H3,(H,12,15). The average molecular weight is 221 g/mol. The van der Waals surface area contributed by atoms with Crippen LogP contribution in [0.2, 0.25) is 0 Å². The number of nitrogens with zero attached hydrogens (tertiary/aromatic N) is 1. The number of hydrogen-bond donors (Lipinski definition) is 2. The first-order valence-electron chi connectivity index (χ1n) is 4.70. The van der Waals surface area contributed by atoms with Crippen LogP contribution in [0.25, 0.3) is 0 Å². The van der Waals surface area contributed by atoms with Gasteiger partial charge in [-0.25, -0.2) is 9.69 Å². The third-order valence-electron chi connectivity index (χ3n) is 2.24. The summed E-state index contributed by atoms with van der Waals surface area (Å²) in [5.74, 6) is 0.0508. The van der Waals surface area contributed by atoms with E-state index in [1.54, 1.807) is 12.1 Å². The van der Waals surface area contributed by atoms with Crippen molar-refractivity contribution in [3.05, 3.63) is 18.2 Å². The second kappa shape index (κ2) is 3.73. The molecular weight excluding hydrogens is 210 g/mol. The summed E-state index contributed by atoms with van der Waals surface area (Å²) in [6, 6.07) is 4.31. The maximum absolute atomic E-state index is 11.6. The van der Waals surface area contributed by atoms with Gasteiger partial charge in [0.1, 0.15) is 5.75 Å². The lowest BCUT2D eigenvalue weighted by molar-refractivity contribution is -0.120. The van der Waals surface area contributed by atoms with Crippen molar-refractivity contribution in [1.82, 2.24) is 5.32 Å². The van der Waals surface area contributed by atoms with Gasteiger partial charge in [0, 0.05) is 12.7 Å². The monoisotopic (exact) mass is 221 g/mol. The van der Waals surface area contributed by atoms with Gasteiger partial charge >= 0.3 is 6.03 Å². The van der Waals surface area contributed by atoms with Crippen molar-refractivity contribution in [2.45, 2.75) is 0 Å². The predicted octanol–water partition coefficient (Wildman–Crippen LogP) is 0.334. The fraction of sp³-hybridized carbons (Fsp3) is 0.200. The van der Waals surface area contributed by atoms with E-state index in [0.29, 0.717) is 17.1 Å². The minimum absolute atomic E-state index is 0.148. The number of benzene rings is 1. The van der Waals surface area contributed by atoms with Crippen LogP contribution in [0.15, 0.2) is 18.2 Å². The van der Waals surface area contributed by atoms with Gasteiger partial charge in [-0.2, -0.15) is 0 Å². The predicted molar refractivity (Wildman–Crippen MR) is 58.3 cm³/mol. The Morgan fingerprint density at radius 1 is 1.56 bits per heavy atom. The molecule has 0 atom stereocenters. The molecule has 3 amide bonds. The van der Waals surface area contributed by atoms with Gasteiger partial charge in [0.2, 0.25) is 0 Å². The Labute approximate surface area is 92.0 Å². The Morgan fingerprint density at radius 3 is 3.00 bits per heavy atom. The van der Waals surface area contributed by atoms with Gasteiger partial charge in [-0.15, -0.1) is 0 Å². The Kier molecular flexibility index (Phi) is 2.40. The summed E-state index contributed by atoms with van der Waals surface area (Å²) in [7, 11) is 1.46. The van der Waals surface area contributed by atoms with Gasteiger partial charge in [0.05, 0.1) is 5.69 Å². The number of amides is 3. The zero-order chi connectivity index (χ0) is 11.7. The highest BCUT2D eigenvalue weighted by Gasteiger charge is 2.30. The number of hydrogen-bond acceptors (Lipinski definition) is 4. The number of urea groups is 1. The molecular formula is C10H11N3O3. The third kappa shape index (κ3) is 1.54. The van der Waals surface area contributed by atoms with E-state index >= 15 is 0 Å². The van der Waals surface area contributed by atoms with E-state index in [-0.39, 0.29) is 6.61 Å². The summed E-state index contributed by atoms with van der Waals surface area (Å²) in [5, 5.41) is 2.40. The molecule has 2 rings (SSSR count). The highest BCUT2D eigenvalue weighted by Crippen LogP contribution is 2.33. The highest BCUT2D eigenvalue weighted by molar-refractivity contribution is 6.16. The Bertz CT molecular complexity index is 459. The maximum Gasteiger partial charge on any atom is 0.328 e. The van der Waals surface area contributed by atoms with Crippen LogP contribution in [0.1, 0.15) is 0 Å². The van der Waals surface area contributed by atoms with Crippen molar-refractivity contribution in [3.63, 3.8) is 0 Å². The van der Waals surface area contributed by atoms with Crippen LogP contribution in [0.5, 0.6) is 5.75 Å². The van der Waals surface area contributed by atoms with Crippen molar-refractivity contribution < 1.29 is 14.3 Å². The van der Waals surface area contributed by atoms with Crippen molar-refractivity contribution >= 4 is 23.3 Å². The SMILES string of the molecule is CNC(=O)N1C(=O)COc2ccc(N)cc21. The van der Waals surface area contributed by atoms with E-state index in [1.807, 2.05) is 0 Å². The molecule has 84 valence electrons. The fourth-order valence-corrected chi connectivity index (χ4v) is 1.50. The number of nitrogen functional groups attached to an aromatic ring is 1. The molecule has 6 nitrogen and oxygen atoms in total. The summed E-state index contributed by atoms with van der Waals surface area (Å²) in [5.41, 5.74) is 6.44. The number of carbonyl (C=O) groups is 2. The first kappa shape index (κ1) is 10.3. The summed E-state index contributed by atoms with van der Waals surface area (Å²) in [6.07, 6.45) is 0. The van der Waals surface area contributed by atoms with E-state index in [2.05, 4.69) is 5.32 Å². The lowest BCUT2D eigenvalue weighted by atomic mass is 10.2. The van der Waals surface area contributed by atoms with E-state index in [1.165, 1.54) is 13.1 Å². The Hall–Kier alpha value is -2.24. The molecule has 0 radical (unpaired) electrons. The smallest absolute Gasteiger partial charge is 0.328 e. The topological polar surface area (TPSA) is 84.7 Å². The summed E-state index contributed by atoms with van der Waals surface area (Å²) in [4.78, 5) is 24.1. The first-order chi connectivity index (χ1) is 7.63. The third-order valence-corrected chi connectivity index (χ3v) is 2.24.